The van der Waals surface area contributed by atoms with Crippen molar-refractivity contribution in [2.24, 2.45) is 5.92 Å². The van der Waals surface area contributed by atoms with E-state index in [4.69, 9.17) is 0 Å². The molecule has 0 unspecified atom stereocenters. The van der Waals surface area contributed by atoms with E-state index >= 15 is 0 Å². The van der Waals surface area contributed by atoms with Gasteiger partial charge in [-0.05, 0) is 19.3 Å². The van der Waals surface area contributed by atoms with E-state index in [1.165, 1.54) is 0 Å². The van der Waals surface area contributed by atoms with Crippen molar-refractivity contribution in [1.29, 1.82) is 0 Å². The minimum Gasteiger partial charge on any atom is -0.342 e. The van der Waals surface area contributed by atoms with Gasteiger partial charge in [-0.25, -0.2) is 0 Å². The highest BCUT2D eigenvalue weighted by atomic mass is 16.2. The third-order valence-electron chi connectivity index (χ3n) is 3.45. The van der Waals surface area contributed by atoms with Crippen molar-refractivity contribution in [1.82, 2.24) is 9.80 Å². The standard InChI is InChI=1S/C12H20N2O2/c1-10(15)14-6-2-5-13(7-8-14)9-12(16)11-3-4-11/h11H,2-9H2,1H3. The summed E-state index contributed by atoms with van der Waals surface area (Å²) in [6.07, 6.45) is 3.16. The molecule has 0 aromatic heterocycles. The number of carbonyl (C=O) groups excluding carboxylic acids is 2. The maximum Gasteiger partial charge on any atom is 0.219 e. The van der Waals surface area contributed by atoms with Gasteiger partial charge in [-0.1, -0.05) is 0 Å². The Morgan fingerprint density at radius 3 is 2.50 bits per heavy atom. The second-order valence-electron chi connectivity index (χ2n) is 4.88. The minimum atomic E-state index is 0.148. The predicted octanol–water partition coefficient (Wildman–Crippen LogP) is 0.520. The lowest BCUT2D eigenvalue weighted by atomic mass is 10.2. The Morgan fingerprint density at radius 1 is 1.12 bits per heavy atom. The fraction of sp³-hybridized carbons (Fsp3) is 0.833. The first-order valence-electron chi connectivity index (χ1n) is 6.17. The predicted molar refractivity (Wildman–Crippen MR) is 61.0 cm³/mol. The Kier molecular flexibility index (Phi) is 3.59. The molecule has 2 aliphatic rings. The highest BCUT2D eigenvalue weighted by Crippen LogP contribution is 2.30. The third-order valence-corrected chi connectivity index (χ3v) is 3.45. The summed E-state index contributed by atoms with van der Waals surface area (Å²) in [5.74, 6) is 0.902. The normalized spacial score (nSPS) is 22.9. The number of hydrogen-bond acceptors (Lipinski definition) is 3. The molecule has 90 valence electrons. The summed E-state index contributed by atoms with van der Waals surface area (Å²) in [6.45, 7) is 5.61. The van der Waals surface area contributed by atoms with Crippen molar-refractivity contribution in [2.75, 3.05) is 32.7 Å². The molecule has 1 aliphatic carbocycles. The van der Waals surface area contributed by atoms with Gasteiger partial charge in [-0.3, -0.25) is 14.5 Å². The molecule has 4 heteroatoms. The van der Waals surface area contributed by atoms with Crippen molar-refractivity contribution in [3.63, 3.8) is 0 Å². The van der Waals surface area contributed by atoms with Crippen molar-refractivity contribution >= 4 is 11.7 Å². The number of Topliss-reactive ketones (excluding diaryl/α,β-unsaturated/α-hetero) is 1. The largest absolute Gasteiger partial charge is 0.342 e. The molecule has 1 heterocycles. The van der Waals surface area contributed by atoms with Crippen molar-refractivity contribution < 1.29 is 9.59 Å². The van der Waals surface area contributed by atoms with Gasteiger partial charge in [0, 0.05) is 39.0 Å². The molecule has 16 heavy (non-hydrogen) atoms. The highest BCUT2D eigenvalue weighted by molar-refractivity contribution is 5.85. The van der Waals surface area contributed by atoms with Gasteiger partial charge in [-0.2, -0.15) is 0 Å². The summed E-state index contributed by atoms with van der Waals surface area (Å²) in [6, 6.07) is 0. The molecule has 0 N–H and O–H groups in total. The van der Waals surface area contributed by atoms with Crippen LogP contribution in [0.1, 0.15) is 26.2 Å². The molecule has 4 nitrogen and oxygen atoms in total. The van der Waals surface area contributed by atoms with E-state index in [9.17, 15) is 9.59 Å². The minimum absolute atomic E-state index is 0.148. The lowest BCUT2D eigenvalue weighted by molar-refractivity contribution is -0.128. The summed E-state index contributed by atoms with van der Waals surface area (Å²) < 4.78 is 0. The molecule has 1 saturated heterocycles. The number of amides is 1. The zero-order chi connectivity index (χ0) is 11.5. The number of hydrogen-bond donors (Lipinski definition) is 0. The second kappa shape index (κ2) is 4.95. The van der Waals surface area contributed by atoms with Crippen molar-refractivity contribution in [3.8, 4) is 0 Å². The lowest BCUT2D eigenvalue weighted by Crippen LogP contribution is -2.36. The van der Waals surface area contributed by atoms with E-state index in [0.717, 1.165) is 45.4 Å². The molecule has 0 aromatic carbocycles. The monoisotopic (exact) mass is 224 g/mol. The molecule has 1 aliphatic heterocycles. The molecule has 0 atom stereocenters. The molecule has 0 radical (unpaired) electrons. The van der Waals surface area contributed by atoms with Gasteiger partial charge in [0.05, 0.1) is 6.54 Å². The number of rotatable bonds is 3. The van der Waals surface area contributed by atoms with Gasteiger partial charge < -0.3 is 4.90 Å². The fourth-order valence-corrected chi connectivity index (χ4v) is 2.20. The third kappa shape index (κ3) is 3.04. The first kappa shape index (κ1) is 11.6. The Hall–Kier alpha value is -0.900. The van der Waals surface area contributed by atoms with Crippen LogP contribution in [-0.4, -0.2) is 54.2 Å². The first-order chi connectivity index (χ1) is 7.66. The smallest absolute Gasteiger partial charge is 0.219 e. The zero-order valence-electron chi connectivity index (χ0n) is 9.95. The zero-order valence-corrected chi connectivity index (χ0v) is 9.95. The Morgan fingerprint density at radius 2 is 1.88 bits per heavy atom. The molecule has 2 rings (SSSR count). The summed E-state index contributed by atoms with van der Waals surface area (Å²) in [5.41, 5.74) is 0. The van der Waals surface area contributed by atoms with E-state index in [-0.39, 0.29) is 5.91 Å². The Bertz CT molecular complexity index is 287. The maximum atomic E-state index is 11.7. The van der Waals surface area contributed by atoms with Crippen LogP contribution in [0.3, 0.4) is 0 Å². The topological polar surface area (TPSA) is 40.6 Å². The molecular formula is C12H20N2O2. The average Bonchev–Trinajstić information content (AvgIpc) is 3.04. The van der Waals surface area contributed by atoms with Crippen LogP contribution in [0.2, 0.25) is 0 Å². The quantitative estimate of drug-likeness (QED) is 0.701. The number of ketones is 1. The van der Waals surface area contributed by atoms with Gasteiger partial charge in [0.1, 0.15) is 5.78 Å². The van der Waals surface area contributed by atoms with Crippen molar-refractivity contribution in [3.05, 3.63) is 0 Å². The Balaban J connectivity index is 1.79. The first-order valence-corrected chi connectivity index (χ1v) is 6.17. The average molecular weight is 224 g/mol. The van der Waals surface area contributed by atoms with Crippen LogP contribution in [0.15, 0.2) is 0 Å². The SMILES string of the molecule is CC(=O)N1CCCN(CC(=O)C2CC2)CC1. The van der Waals surface area contributed by atoms with E-state index in [0.29, 0.717) is 18.2 Å². The number of nitrogens with zero attached hydrogens (tertiary/aromatic N) is 2. The molecule has 1 saturated carbocycles. The Labute approximate surface area is 96.6 Å². The summed E-state index contributed by atoms with van der Waals surface area (Å²) in [5, 5.41) is 0. The van der Waals surface area contributed by atoms with E-state index in [1.54, 1.807) is 6.92 Å². The highest BCUT2D eigenvalue weighted by Gasteiger charge is 2.30. The van der Waals surface area contributed by atoms with Crippen LogP contribution in [-0.2, 0) is 9.59 Å². The number of carbonyl (C=O) groups is 2. The van der Waals surface area contributed by atoms with E-state index in [1.807, 2.05) is 4.90 Å². The van der Waals surface area contributed by atoms with Crippen molar-refractivity contribution in [2.45, 2.75) is 26.2 Å². The van der Waals surface area contributed by atoms with Gasteiger partial charge in [-0.15, -0.1) is 0 Å². The van der Waals surface area contributed by atoms with Crippen LogP contribution in [0.5, 0.6) is 0 Å². The van der Waals surface area contributed by atoms with Gasteiger partial charge in [0.2, 0.25) is 5.91 Å². The molecule has 0 spiro atoms. The van der Waals surface area contributed by atoms with Crippen LogP contribution in [0.4, 0.5) is 0 Å². The molecule has 0 aromatic rings. The van der Waals surface area contributed by atoms with Crippen LogP contribution in [0.25, 0.3) is 0 Å². The van der Waals surface area contributed by atoms with E-state index in [2.05, 4.69) is 4.90 Å². The van der Waals surface area contributed by atoms with E-state index < -0.39 is 0 Å². The van der Waals surface area contributed by atoms with Crippen LogP contribution < -0.4 is 0 Å². The second-order valence-corrected chi connectivity index (χ2v) is 4.88. The molecular weight excluding hydrogens is 204 g/mol. The molecule has 2 fully saturated rings. The van der Waals surface area contributed by atoms with Gasteiger partial charge >= 0.3 is 0 Å². The van der Waals surface area contributed by atoms with Gasteiger partial charge in [0.25, 0.3) is 0 Å². The van der Waals surface area contributed by atoms with Crippen LogP contribution in [0, 0.1) is 5.92 Å². The molecule has 1 amide bonds. The maximum absolute atomic E-state index is 11.7. The van der Waals surface area contributed by atoms with Crippen LogP contribution >= 0.6 is 0 Å². The summed E-state index contributed by atoms with van der Waals surface area (Å²) >= 11 is 0. The van der Waals surface area contributed by atoms with Gasteiger partial charge in [0.15, 0.2) is 0 Å². The fourth-order valence-electron chi connectivity index (χ4n) is 2.20. The molecule has 0 bridgehead atoms. The summed E-state index contributed by atoms with van der Waals surface area (Å²) in [7, 11) is 0. The summed E-state index contributed by atoms with van der Waals surface area (Å²) in [4.78, 5) is 27.0. The lowest BCUT2D eigenvalue weighted by Gasteiger charge is -2.20.